The number of nitrogens with zero attached hydrogens (tertiary/aromatic N) is 4. The van der Waals surface area contributed by atoms with Crippen LogP contribution in [0.5, 0.6) is 0 Å². The Morgan fingerprint density at radius 3 is 2.83 bits per heavy atom. The van der Waals surface area contributed by atoms with Gasteiger partial charge in [0.25, 0.3) is 0 Å². The molecule has 0 spiro atoms. The molecular weight excluding hydrogens is 230 g/mol. The Kier molecular flexibility index (Phi) is 3.18. The molecule has 2 aromatic rings. The average molecular weight is 247 g/mol. The highest BCUT2D eigenvalue weighted by molar-refractivity contribution is 5.80. The van der Waals surface area contributed by atoms with Gasteiger partial charge in [-0.25, -0.2) is 9.78 Å². The fourth-order valence-corrected chi connectivity index (χ4v) is 1.80. The zero-order chi connectivity index (χ0) is 13.3. The SMILES string of the molecule is CCn1c(=O)n(C)c2cc(NN=C(C)C)cnc21. The summed E-state index contributed by atoms with van der Waals surface area (Å²) in [6.45, 7) is 6.35. The summed E-state index contributed by atoms with van der Waals surface area (Å²) in [4.78, 5) is 16.3. The van der Waals surface area contributed by atoms with Crippen LogP contribution in [0, 0.1) is 0 Å². The monoisotopic (exact) mass is 247 g/mol. The van der Waals surface area contributed by atoms with E-state index in [-0.39, 0.29) is 5.69 Å². The first kappa shape index (κ1) is 12.3. The molecule has 96 valence electrons. The topological polar surface area (TPSA) is 64.2 Å². The van der Waals surface area contributed by atoms with E-state index in [0.717, 1.165) is 16.9 Å². The Labute approximate surface area is 105 Å². The molecule has 2 heterocycles. The molecule has 18 heavy (non-hydrogen) atoms. The number of hydrogen-bond donors (Lipinski definition) is 1. The summed E-state index contributed by atoms with van der Waals surface area (Å²) >= 11 is 0. The molecule has 6 heteroatoms. The summed E-state index contributed by atoms with van der Waals surface area (Å²) in [7, 11) is 1.75. The lowest BCUT2D eigenvalue weighted by molar-refractivity contribution is 0.707. The van der Waals surface area contributed by atoms with Crippen molar-refractivity contribution in [2.75, 3.05) is 5.43 Å². The van der Waals surface area contributed by atoms with Crippen molar-refractivity contribution in [1.82, 2.24) is 14.1 Å². The van der Waals surface area contributed by atoms with Crippen molar-refractivity contribution in [3.63, 3.8) is 0 Å². The van der Waals surface area contributed by atoms with E-state index in [9.17, 15) is 4.79 Å². The molecule has 0 atom stereocenters. The van der Waals surface area contributed by atoms with Gasteiger partial charge in [0.15, 0.2) is 5.65 Å². The third kappa shape index (κ3) is 2.01. The molecule has 0 aliphatic carbocycles. The van der Waals surface area contributed by atoms with Crippen LogP contribution in [-0.4, -0.2) is 19.8 Å². The zero-order valence-corrected chi connectivity index (χ0v) is 11.1. The minimum atomic E-state index is -0.0488. The van der Waals surface area contributed by atoms with E-state index in [0.29, 0.717) is 12.2 Å². The molecule has 2 aromatic heterocycles. The molecule has 0 radical (unpaired) electrons. The maximum Gasteiger partial charge on any atom is 0.330 e. The predicted molar refractivity (Wildman–Crippen MR) is 73.1 cm³/mol. The van der Waals surface area contributed by atoms with Gasteiger partial charge in [0.1, 0.15) is 0 Å². The maximum atomic E-state index is 11.9. The van der Waals surface area contributed by atoms with Crippen LogP contribution in [0.1, 0.15) is 20.8 Å². The van der Waals surface area contributed by atoms with Crippen LogP contribution in [0.3, 0.4) is 0 Å². The van der Waals surface area contributed by atoms with Crippen LogP contribution in [0.25, 0.3) is 11.2 Å². The first-order valence-electron chi connectivity index (χ1n) is 5.86. The molecule has 0 saturated heterocycles. The maximum absolute atomic E-state index is 11.9. The van der Waals surface area contributed by atoms with Gasteiger partial charge in [-0.3, -0.25) is 14.6 Å². The van der Waals surface area contributed by atoms with E-state index in [2.05, 4.69) is 15.5 Å². The van der Waals surface area contributed by atoms with Crippen molar-refractivity contribution >= 4 is 22.6 Å². The van der Waals surface area contributed by atoms with Gasteiger partial charge < -0.3 is 0 Å². The number of fused-ring (bicyclic) bond motifs is 1. The number of anilines is 1. The number of pyridine rings is 1. The number of hydrazone groups is 1. The van der Waals surface area contributed by atoms with Gasteiger partial charge in [0.2, 0.25) is 0 Å². The summed E-state index contributed by atoms with van der Waals surface area (Å²) in [6, 6.07) is 1.88. The van der Waals surface area contributed by atoms with Crippen LogP contribution in [0.15, 0.2) is 22.2 Å². The fraction of sp³-hybridized carbons (Fsp3) is 0.417. The lowest BCUT2D eigenvalue weighted by atomic mass is 10.4. The standard InChI is InChI=1S/C12H17N5O/c1-5-17-11-10(16(4)12(17)18)6-9(7-13-11)15-14-8(2)3/h6-7,15H,5H2,1-4H3. The molecule has 0 saturated carbocycles. The van der Waals surface area contributed by atoms with E-state index in [1.54, 1.807) is 22.4 Å². The molecule has 0 aliphatic rings. The predicted octanol–water partition coefficient (Wildman–Crippen LogP) is 1.56. The average Bonchev–Trinajstić information content (AvgIpc) is 2.59. The number of hydrogen-bond acceptors (Lipinski definition) is 4. The molecule has 0 aliphatic heterocycles. The molecule has 0 unspecified atom stereocenters. The summed E-state index contributed by atoms with van der Waals surface area (Å²) in [5.41, 5.74) is 6.06. The third-order valence-electron chi connectivity index (χ3n) is 2.71. The Bertz CT molecular complexity index is 661. The summed E-state index contributed by atoms with van der Waals surface area (Å²) in [5, 5.41) is 4.11. The van der Waals surface area contributed by atoms with Crippen molar-refractivity contribution < 1.29 is 0 Å². The third-order valence-corrected chi connectivity index (χ3v) is 2.71. The van der Waals surface area contributed by atoms with Crippen LogP contribution < -0.4 is 11.1 Å². The van der Waals surface area contributed by atoms with E-state index in [1.165, 1.54) is 0 Å². The van der Waals surface area contributed by atoms with Gasteiger partial charge in [0.05, 0.1) is 17.4 Å². The molecule has 6 nitrogen and oxygen atoms in total. The quantitative estimate of drug-likeness (QED) is 0.661. The lowest BCUT2D eigenvalue weighted by Gasteiger charge is -2.02. The molecule has 2 rings (SSSR count). The Balaban J connectivity index is 2.56. The second kappa shape index (κ2) is 4.64. The molecule has 0 amide bonds. The lowest BCUT2D eigenvalue weighted by Crippen LogP contribution is -2.21. The second-order valence-electron chi connectivity index (χ2n) is 4.32. The van der Waals surface area contributed by atoms with Gasteiger partial charge in [-0.15, -0.1) is 0 Å². The largest absolute Gasteiger partial charge is 0.330 e. The van der Waals surface area contributed by atoms with E-state index < -0.39 is 0 Å². The van der Waals surface area contributed by atoms with Crippen LogP contribution in [0.4, 0.5) is 5.69 Å². The molecule has 1 N–H and O–H groups in total. The van der Waals surface area contributed by atoms with Crippen molar-refractivity contribution in [2.24, 2.45) is 12.1 Å². The number of aromatic nitrogens is 3. The summed E-state index contributed by atoms with van der Waals surface area (Å²) in [5.74, 6) is 0. The van der Waals surface area contributed by atoms with E-state index in [4.69, 9.17) is 0 Å². The van der Waals surface area contributed by atoms with Crippen molar-refractivity contribution in [3.05, 3.63) is 22.7 Å². The van der Waals surface area contributed by atoms with Gasteiger partial charge in [-0.2, -0.15) is 5.10 Å². The van der Waals surface area contributed by atoms with Crippen molar-refractivity contribution in [1.29, 1.82) is 0 Å². The molecular formula is C12H17N5O. The first-order valence-corrected chi connectivity index (χ1v) is 5.86. The Morgan fingerprint density at radius 2 is 2.22 bits per heavy atom. The number of rotatable bonds is 3. The fourth-order valence-electron chi connectivity index (χ4n) is 1.80. The number of imidazole rings is 1. The van der Waals surface area contributed by atoms with Crippen LogP contribution in [0.2, 0.25) is 0 Å². The Morgan fingerprint density at radius 1 is 1.50 bits per heavy atom. The molecule has 0 bridgehead atoms. The number of nitrogens with one attached hydrogen (secondary N) is 1. The van der Waals surface area contributed by atoms with Gasteiger partial charge >= 0.3 is 5.69 Å². The highest BCUT2D eigenvalue weighted by Crippen LogP contribution is 2.15. The first-order chi connectivity index (χ1) is 8.54. The second-order valence-corrected chi connectivity index (χ2v) is 4.32. The summed E-state index contributed by atoms with van der Waals surface area (Å²) in [6.07, 6.45) is 1.68. The zero-order valence-electron chi connectivity index (χ0n) is 11.1. The molecule has 0 aromatic carbocycles. The minimum Gasteiger partial charge on any atom is -0.293 e. The van der Waals surface area contributed by atoms with E-state index in [1.807, 2.05) is 26.8 Å². The van der Waals surface area contributed by atoms with Gasteiger partial charge in [-0.05, 0) is 26.8 Å². The van der Waals surface area contributed by atoms with E-state index >= 15 is 0 Å². The minimum absolute atomic E-state index is 0.0488. The highest BCUT2D eigenvalue weighted by atomic mass is 16.1. The Hall–Kier alpha value is -2.11. The highest BCUT2D eigenvalue weighted by Gasteiger charge is 2.10. The smallest absolute Gasteiger partial charge is 0.293 e. The van der Waals surface area contributed by atoms with Crippen LogP contribution in [-0.2, 0) is 13.6 Å². The molecule has 0 fully saturated rings. The van der Waals surface area contributed by atoms with Crippen molar-refractivity contribution in [3.8, 4) is 0 Å². The number of aryl methyl sites for hydroxylation is 2. The summed E-state index contributed by atoms with van der Waals surface area (Å²) < 4.78 is 3.24. The van der Waals surface area contributed by atoms with Crippen molar-refractivity contribution in [2.45, 2.75) is 27.3 Å². The van der Waals surface area contributed by atoms with Crippen LogP contribution >= 0.6 is 0 Å². The normalized spacial score (nSPS) is 10.7. The van der Waals surface area contributed by atoms with Gasteiger partial charge in [0, 0.05) is 19.3 Å². The van der Waals surface area contributed by atoms with Gasteiger partial charge in [-0.1, -0.05) is 0 Å².